The van der Waals surface area contributed by atoms with Gasteiger partial charge in [0.05, 0.1) is 12.8 Å². The molecule has 33 heavy (non-hydrogen) atoms. The number of hydrogen-bond donors (Lipinski definition) is 2. The molecule has 1 unspecified atom stereocenters. The first-order chi connectivity index (χ1) is 16.1. The Morgan fingerprint density at radius 2 is 1.76 bits per heavy atom. The van der Waals surface area contributed by atoms with Crippen LogP contribution in [0.5, 0.6) is 5.75 Å². The van der Waals surface area contributed by atoms with Crippen molar-refractivity contribution < 1.29 is 13.9 Å². The van der Waals surface area contributed by atoms with Gasteiger partial charge in [0.1, 0.15) is 11.6 Å². The summed E-state index contributed by atoms with van der Waals surface area (Å²) in [5, 5.41) is 5.78. The largest absolute Gasteiger partial charge is 0.495 e. The Hall–Kier alpha value is -3.38. The number of nitrogens with zero attached hydrogens (tertiary/aromatic N) is 1. The van der Waals surface area contributed by atoms with Crippen LogP contribution in [0.15, 0.2) is 72.8 Å². The van der Waals surface area contributed by atoms with Crippen LogP contribution in [-0.4, -0.2) is 37.2 Å². The topological polar surface area (TPSA) is 53.6 Å². The third kappa shape index (κ3) is 6.11. The van der Waals surface area contributed by atoms with Crippen LogP contribution in [-0.2, 0) is 19.4 Å². The fraction of sp³-hybridized carbons (Fsp3) is 0.296. The van der Waals surface area contributed by atoms with E-state index >= 15 is 0 Å². The predicted molar refractivity (Wildman–Crippen MR) is 129 cm³/mol. The first-order valence-corrected chi connectivity index (χ1v) is 11.4. The number of ether oxygens (including phenoxy) is 1. The van der Waals surface area contributed by atoms with Gasteiger partial charge in [-0.1, -0.05) is 48.5 Å². The zero-order chi connectivity index (χ0) is 23.0. The smallest absolute Gasteiger partial charge is 0.319 e. The lowest BCUT2D eigenvalue weighted by Gasteiger charge is -2.37. The molecule has 0 spiro atoms. The minimum absolute atomic E-state index is 0.206. The number of amides is 2. The number of halogens is 1. The Morgan fingerprint density at radius 1 is 1.03 bits per heavy atom. The van der Waals surface area contributed by atoms with Gasteiger partial charge in [-0.2, -0.15) is 0 Å². The summed E-state index contributed by atoms with van der Waals surface area (Å²) in [6, 6.07) is 22.8. The van der Waals surface area contributed by atoms with Crippen LogP contribution in [0.1, 0.15) is 23.1 Å². The summed E-state index contributed by atoms with van der Waals surface area (Å²) in [6.07, 6.45) is 2.67. The summed E-state index contributed by atoms with van der Waals surface area (Å²) in [5.41, 5.74) is 4.52. The molecule has 0 aliphatic carbocycles. The van der Waals surface area contributed by atoms with E-state index in [0.717, 1.165) is 37.9 Å². The van der Waals surface area contributed by atoms with Crippen LogP contribution in [0.4, 0.5) is 14.9 Å². The van der Waals surface area contributed by atoms with Crippen molar-refractivity contribution in [1.29, 1.82) is 0 Å². The Morgan fingerprint density at radius 3 is 2.55 bits per heavy atom. The third-order valence-corrected chi connectivity index (χ3v) is 6.11. The first kappa shape index (κ1) is 22.8. The molecule has 2 N–H and O–H groups in total. The molecule has 3 aromatic rings. The molecule has 3 aromatic carbocycles. The van der Waals surface area contributed by atoms with Crippen LogP contribution in [0.3, 0.4) is 0 Å². The molecule has 1 heterocycles. The molecule has 1 aliphatic rings. The number of benzene rings is 3. The van der Waals surface area contributed by atoms with Crippen LogP contribution in [0.2, 0.25) is 0 Å². The van der Waals surface area contributed by atoms with Gasteiger partial charge in [-0.05, 0) is 60.2 Å². The molecule has 0 bridgehead atoms. The molecule has 4 rings (SSSR count). The highest BCUT2D eigenvalue weighted by Gasteiger charge is 2.25. The van der Waals surface area contributed by atoms with Crippen molar-refractivity contribution in [2.24, 2.45) is 0 Å². The van der Waals surface area contributed by atoms with Crippen LogP contribution in [0.25, 0.3) is 0 Å². The summed E-state index contributed by atoms with van der Waals surface area (Å²) in [5.74, 6) is 0.422. The standard InChI is InChI=1S/C27H30FN3O2/c1-33-26-10-5-4-9-25(26)30-27(32)29-15-6-16-31-19-22-8-3-2-7-21(22)18-24(31)17-20-11-13-23(28)14-12-20/h2-5,7-14,24H,6,15-19H2,1H3,(H2,29,30,32). The highest BCUT2D eigenvalue weighted by atomic mass is 19.1. The molecule has 1 atom stereocenters. The molecule has 0 aromatic heterocycles. The number of carbonyl (C=O) groups excluding carboxylic acids is 1. The second-order valence-electron chi connectivity index (χ2n) is 8.36. The minimum atomic E-state index is -0.244. The monoisotopic (exact) mass is 447 g/mol. The highest BCUT2D eigenvalue weighted by Crippen LogP contribution is 2.26. The van der Waals surface area contributed by atoms with Crippen molar-refractivity contribution in [2.45, 2.75) is 31.8 Å². The van der Waals surface area contributed by atoms with Gasteiger partial charge in [0, 0.05) is 25.7 Å². The number of methoxy groups -OCH3 is 1. The van der Waals surface area contributed by atoms with Gasteiger partial charge in [0.25, 0.3) is 0 Å². The van der Waals surface area contributed by atoms with E-state index < -0.39 is 0 Å². The van der Waals surface area contributed by atoms with Gasteiger partial charge in [0.2, 0.25) is 0 Å². The van der Waals surface area contributed by atoms with Crippen LogP contribution in [0, 0.1) is 5.82 Å². The summed E-state index contributed by atoms with van der Waals surface area (Å²) in [7, 11) is 1.58. The molecule has 0 fully saturated rings. The van der Waals surface area contributed by atoms with E-state index in [1.807, 2.05) is 36.4 Å². The predicted octanol–water partition coefficient (Wildman–Crippen LogP) is 5.02. The third-order valence-electron chi connectivity index (χ3n) is 6.11. The van der Waals surface area contributed by atoms with Gasteiger partial charge >= 0.3 is 6.03 Å². The van der Waals surface area contributed by atoms with Gasteiger partial charge in [-0.25, -0.2) is 9.18 Å². The van der Waals surface area contributed by atoms with E-state index in [-0.39, 0.29) is 11.8 Å². The normalized spacial score (nSPS) is 15.5. The molecular formula is C27H30FN3O2. The molecule has 172 valence electrons. The van der Waals surface area contributed by atoms with Crippen molar-refractivity contribution in [2.75, 3.05) is 25.5 Å². The number of fused-ring (bicyclic) bond motifs is 1. The number of anilines is 1. The van der Waals surface area contributed by atoms with E-state index in [0.29, 0.717) is 24.0 Å². The lowest BCUT2D eigenvalue weighted by molar-refractivity contribution is 0.168. The van der Waals surface area contributed by atoms with Crippen LogP contribution >= 0.6 is 0 Å². The minimum Gasteiger partial charge on any atom is -0.495 e. The molecular weight excluding hydrogens is 417 g/mol. The maximum Gasteiger partial charge on any atom is 0.319 e. The number of hydrogen-bond acceptors (Lipinski definition) is 3. The highest BCUT2D eigenvalue weighted by molar-refractivity contribution is 5.90. The summed E-state index contributed by atoms with van der Waals surface area (Å²) >= 11 is 0. The van der Waals surface area contributed by atoms with Crippen molar-refractivity contribution in [1.82, 2.24) is 10.2 Å². The number of carbonyl (C=O) groups is 1. The van der Waals surface area contributed by atoms with E-state index in [9.17, 15) is 9.18 Å². The first-order valence-electron chi connectivity index (χ1n) is 11.4. The molecule has 0 saturated carbocycles. The average Bonchev–Trinajstić information content (AvgIpc) is 2.83. The molecule has 1 aliphatic heterocycles. The number of nitrogens with one attached hydrogen (secondary N) is 2. The Kier molecular flexibility index (Phi) is 7.58. The fourth-order valence-electron chi connectivity index (χ4n) is 4.40. The van der Waals surface area contributed by atoms with Crippen molar-refractivity contribution >= 4 is 11.7 Å². The molecule has 0 radical (unpaired) electrons. The SMILES string of the molecule is COc1ccccc1NC(=O)NCCCN1Cc2ccccc2CC1Cc1ccc(F)cc1. The lowest BCUT2D eigenvalue weighted by atomic mass is 9.90. The molecule has 0 saturated heterocycles. The van der Waals surface area contributed by atoms with Gasteiger partial charge in [-0.3, -0.25) is 4.90 Å². The lowest BCUT2D eigenvalue weighted by Crippen LogP contribution is -2.43. The van der Waals surface area contributed by atoms with E-state index in [4.69, 9.17) is 4.74 Å². The van der Waals surface area contributed by atoms with Gasteiger partial charge < -0.3 is 15.4 Å². The summed E-state index contributed by atoms with van der Waals surface area (Å²) < 4.78 is 18.6. The quantitative estimate of drug-likeness (QED) is 0.477. The fourth-order valence-corrected chi connectivity index (χ4v) is 4.40. The Labute approximate surface area is 194 Å². The Bertz CT molecular complexity index is 1070. The van der Waals surface area contributed by atoms with Crippen LogP contribution < -0.4 is 15.4 Å². The van der Waals surface area contributed by atoms with Crippen molar-refractivity contribution in [3.63, 3.8) is 0 Å². The maximum atomic E-state index is 13.3. The molecule has 5 nitrogen and oxygen atoms in total. The van der Waals surface area contributed by atoms with Crippen molar-refractivity contribution in [3.05, 3.63) is 95.3 Å². The van der Waals surface area contributed by atoms with E-state index in [1.165, 1.54) is 23.3 Å². The molecule has 2 amide bonds. The Balaban J connectivity index is 1.32. The summed E-state index contributed by atoms with van der Waals surface area (Å²) in [4.78, 5) is 14.8. The van der Waals surface area contributed by atoms with Crippen molar-refractivity contribution in [3.8, 4) is 5.75 Å². The number of para-hydroxylation sites is 2. The second kappa shape index (κ2) is 11.0. The number of urea groups is 1. The molecule has 6 heteroatoms. The zero-order valence-electron chi connectivity index (χ0n) is 18.9. The van der Waals surface area contributed by atoms with E-state index in [1.54, 1.807) is 7.11 Å². The van der Waals surface area contributed by atoms with E-state index in [2.05, 4.69) is 39.8 Å². The number of rotatable bonds is 8. The second-order valence-corrected chi connectivity index (χ2v) is 8.36. The van der Waals surface area contributed by atoms with Gasteiger partial charge in [-0.15, -0.1) is 0 Å². The summed E-state index contributed by atoms with van der Waals surface area (Å²) in [6.45, 7) is 2.33. The maximum absolute atomic E-state index is 13.3. The average molecular weight is 448 g/mol. The van der Waals surface area contributed by atoms with Gasteiger partial charge in [0.15, 0.2) is 0 Å². The zero-order valence-corrected chi connectivity index (χ0v) is 18.9.